The predicted molar refractivity (Wildman–Crippen MR) is 96.4 cm³/mol. The molecule has 1 aliphatic rings. The fourth-order valence-electron chi connectivity index (χ4n) is 2.93. The van der Waals surface area contributed by atoms with Crippen LogP contribution in [0.25, 0.3) is 0 Å². The molecule has 142 valence electrons. The number of carbonyl (C=O) groups excluding carboxylic acids is 1. The largest absolute Gasteiger partial charge is 0.336 e. The molecular formula is C15H22N6O3S2. The lowest BCUT2D eigenvalue weighted by molar-refractivity contribution is 0.0767. The topological polar surface area (TPSA) is 101 Å². The van der Waals surface area contributed by atoms with Gasteiger partial charge in [0.1, 0.15) is 9.77 Å². The molecule has 26 heavy (non-hydrogen) atoms. The van der Waals surface area contributed by atoms with Gasteiger partial charge in [0.2, 0.25) is 10.0 Å². The van der Waals surface area contributed by atoms with Gasteiger partial charge in [0.15, 0.2) is 0 Å². The first-order valence-corrected chi connectivity index (χ1v) is 10.7. The van der Waals surface area contributed by atoms with Gasteiger partial charge in [-0.2, -0.15) is 9.40 Å². The van der Waals surface area contributed by atoms with Crippen LogP contribution in [0.1, 0.15) is 35.1 Å². The third kappa shape index (κ3) is 3.79. The summed E-state index contributed by atoms with van der Waals surface area (Å²) in [6, 6.07) is 0. The number of carbonyl (C=O) groups is 1. The van der Waals surface area contributed by atoms with Gasteiger partial charge in [-0.15, -0.1) is 5.10 Å². The molecule has 1 aliphatic heterocycles. The molecule has 0 spiro atoms. The molecule has 0 atom stereocenters. The Labute approximate surface area is 156 Å². The number of amides is 1. The molecule has 0 bridgehead atoms. The number of sulfonamides is 1. The van der Waals surface area contributed by atoms with Crippen LogP contribution in [0.15, 0.2) is 17.3 Å². The Morgan fingerprint density at radius 2 is 2.08 bits per heavy atom. The predicted octanol–water partition coefficient (Wildman–Crippen LogP) is 0.761. The second kappa shape index (κ2) is 7.80. The monoisotopic (exact) mass is 398 g/mol. The van der Waals surface area contributed by atoms with Crippen molar-refractivity contribution < 1.29 is 13.2 Å². The number of aromatic nitrogens is 4. The van der Waals surface area contributed by atoms with Crippen LogP contribution in [-0.2, 0) is 23.5 Å². The van der Waals surface area contributed by atoms with Crippen molar-refractivity contribution in [2.75, 3.05) is 26.2 Å². The molecule has 1 amide bonds. The summed E-state index contributed by atoms with van der Waals surface area (Å²) in [5.41, 5.74) is 0.728. The quantitative estimate of drug-likeness (QED) is 0.737. The lowest BCUT2D eigenvalue weighted by atomic mass is 10.2. The highest BCUT2D eigenvalue weighted by molar-refractivity contribution is 7.89. The average molecular weight is 399 g/mol. The van der Waals surface area contributed by atoms with E-state index in [-0.39, 0.29) is 17.3 Å². The minimum absolute atomic E-state index is 0.107. The Morgan fingerprint density at radius 3 is 2.77 bits per heavy atom. The van der Waals surface area contributed by atoms with Gasteiger partial charge < -0.3 is 4.90 Å². The Bertz CT molecular complexity index is 876. The molecule has 0 aliphatic carbocycles. The van der Waals surface area contributed by atoms with Crippen molar-refractivity contribution in [3.8, 4) is 0 Å². The van der Waals surface area contributed by atoms with E-state index >= 15 is 0 Å². The standard InChI is InChI=1S/C15H22N6O3S2/c1-3-5-13-14(25-18-17-13)15(22)20-6-4-7-21(9-8-20)26(23,24)12-10-16-19(2)11-12/h10-11H,3-9H2,1-2H3. The van der Waals surface area contributed by atoms with E-state index in [9.17, 15) is 13.2 Å². The zero-order chi connectivity index (χ0) is 18.7. The number of nitrogens with zero attached hydrogens (tertiary/aromatic N) is 6. The van der Waals surface area contributed by atoms with Gasteiger partial charge in [-0.1, -0.05) is 17.8 Å². The lowest BCUT2D eigenvalue weighted by Crippen LogP contribution is -2.37. The number of hydrogen-bond donors (Lipinski definition) is 0. The molecule has 1 saturated heterocycles. The zero-order valence-electron chi connectivity index (χ0n) is 14.8. The summed E-state index contributed by atoms with van der Waals surface area (Å²) in [5.74, 6) is -0.107. The zero-order valence-corrected chi connectivity index (χ0v) is 16.5. The number of hydrogen-bond acceptors (Lipinski definition) is 7. The lowest BCUT2D eigenvalue weighted by Gasteiger charge is -2.21. The fourth-order valence-corrected chi connectivity index (χ4v) is 5.07. The van der Waals surface area contributed by atoms with E-state index in [1.165, 1.54) is 21.4 Å². The molecule has 0 N–H and O–H groups in total. The molecule has 0 unspecified atom stereocenters. The van der Waals surface area contributed by atoms with Crippen molar-refractivity contribution >= 4 is 27.5 Å². The molecule has 3 heterocycles. The minimum atomic E-state index is -3.59. The van der Waals surface area contributed by atoms with Gasteiger partial charge in [-0.05, 0) is 24.4 Å². The molecule has 0 saturated carbocycles. The summed E-state index contributed by atoms with van der Waals surface area (Å²) in [5, 5.41) is 7.99. The van der Waals surface area contributed by atoms with Gasteiger partial charge >= 0.3 is 0 Å². The molecule has 3 rings (SSSR count). The number of rotatable bonds is 5. The Kier molecular flexibility index (Phi) is 5.68. The van der Waals surface area contributed by atoms with Crippen LogP contribution in [-0.4, -0.2) is 69.1 Å². The van der Waals surface area contributed by atoms with Crippen LogP contribution in [0.3, 0.4) is 0 Å². The summed E-state index contributed by atoms with van der Waals surface area (Å²) >= 11 is 1.11. The van der Waals surface area contributed by atoms with Crippen LogP contribution in [0.5, 0.6) is 0 Å². The highest BCUT2D eigenvalue weighted by atomic mass is 32.2. The Hall–Kier alpha value is -1.85. The Morgan fingerprint density at radius 1 is 1.27 bits per heavy atom. The molecular weight excluding hydrogens is 376 g/mol. The van der Waals surface area contributed by atoms with E-state index in [4.69, 9.17) is 0 Å². The summed E-state index contributed by atoms with van der Waals surface area (Å²) < 4.78 is 32.3. The van der Waals surface area contributed by atoms with E-state index in [0.717, 1.165) is 23.6 Å². The third-order valence-corrected chi connectivity index (χ3v) is 6.91. The summed E-state index contributed by atoms with van der Waals surface area (Å²) in [6.45, 7) is 3.53. The molecule has 9 nitrogen and oxygen atoms in total. The maximum Gasteiger partial charge on any atom is 0.267 e. The third-order valence-electron chi connectivity index (χ3n) is 4.30. The van der Waals surface area contributed by atoms with Crippen molar-refractivity contribution in [1.29, 1.82) is 0 Å². The second-order valence-electron chi connectivity index (χ2n) is 6.20. The normalized spacial score (nSPS) is 16.6. The molecule has 2 aromatic heterocycles. The van der Waals surface area contributed by atoms with E-state index in [0.29, 0.717) is 37.4 Å². The molecule has 0 radical (unpaired) electrons. The van der Waals surface area contributed by atoms with E-state index in [1.807, 2.05) is 6.92 Å². The van der Waals surface area contributed by atoms with Crippen molar-refractivity contribution in [3.05, 3.63) is 23.0 Å². The first kappa shape index (κ1) is 18.9. The molecule has 0 aromatic carbocycles. The second-order valence-corrected chi connectivity index (χ2v) is 8.89. The van der Waals surface area contributed by atoms with Gasteiger partial charge in [0.05, 0.1) is 11.9 Å². The highest BCUT2D eigenvalue weighted by Crippen LogP contribution is 2.20. The van der Waals surface area contributed by atoms with Crippen molar-refractivity contribution in [2.24, 2.45) is 7.05 Å². The van der Waals surface area contributed by atoms with Crippen LogP contribution < -0.4 is 0 Å². The Balaban J connectivity index is 1.72. The summed E-state index contributed by atoms with van der Waals surface area (Å²) in [7, 11) is -1.91. The first-order valence-electron chi connectivity index (χ1n) is 8.52. The first-order chi connectivity index (χ1) is 12.4. The molecule has 11 heteroatoms. The maximum absolute atomic E-state index is 12.8. The summed E-state index contributed by atoms with van der Waals surface area (Å²) in [4.78, 5) is 15.3. The number of aryl methyl sites for hydroxylation is 2. The van der Waals surface area contributed by atoms with Gasteiger partial charge in [0, 0.05) is 39.4 Å². The van der Waals surface area contributed by atoms with Gasteiger partial charge in [-0.25, -0.2) is 8.42 Å². The SMILES string of the molecule is CCCc1nnsc1C(=O)N1CCCN(S(=O)(=O)c2cnn(C)c2)CC1. The van der Waals surface area contributed by atoms with E-state index in [1.54, 1.807) is 11.9 Å². The smallest absolute Gasteiger partial charge is 0.267 e. The van der Waals surface area contributed by atoms with Crippen LogP contribution >= 0.6 is 11.5 Å². The molecule has 1 fully saturated rings. The van der Waals surface area contributed by atoms with Crippen LogP contribution in [0.2, 0.25) is 0 Å². The minimum Gasteiger partial charge on any atom is -0.336 e. The molecule has 2 aromatic rings. The van der Waals surface area contributed by atoms with E-state index < -0.39 is 10.0 Å². The van der Waals surface area contributed by atoms with Gasteiger partial charge in [0.25, 0.3) is 5.91 Å². The van der Waals surface area contributed by atoms with Gasteiger partial charge in [-0.3, -0.25) is 9.48 Å². The van der Waals surface area contributed by atoms with Crippen molar-refractivity contribution in [2.45, 2.75) is 31.1 Å². The summed E-state index contributed by atoms with van der Waals surface area (Å²) in [6.07, 6.45) is 5.03. The van der Waals surface area contributed by atoms with E-state index in [2.05, 4.69) is 14.7 Å². The average Bonchev–Trinajstić information content (AvgIpc) is 3.17. The fraction of sp³-hybridized carbons (Fsp3) is 0.600. The van der Waals surface area contributed by atoms with Crippen molar-refractivity contribution in [1.82, 2.24) is 28.6 Å². The van der Waals surface area contributed by atoms with Crippen molar-refractivity contribution in [3.63, 3.8) is 0 Å². The maximum atomic E-state index is 12.8. The highest BCUT2D eigenvalue weighted by Gasteiger charge is 2.30. The van der Waals surface area contributed by atoms with Crippen LogP contribution in [0, 0.1) is 0 Å². The van der Waals surface area contributed by atoms with Crippen LogP contribution in [0.4, 0.5) is 0 Å².